The molecule has 130 valence electrons. The molecule has 0 spiro atoms. The quantitative estimate of drug-likeness (QED) is 0.769. The Hall–Kier alpha value is -2.47. The van der Waals surface area contributed by atoms with Crippen LogP contribution in [0.3, 0.4) is 0 Å². The second-order valence-corrected chi connectivity index (χ2v) is 6.54. The first-order valence-electron chi connectivity index (χ1n) is 8.94. The van der Waals surface area contributed by atoms with Crippen molar-refractivity contribution in [2.75, 3.05) is 25.0 Å². The van der Waals surface area contributed by atoms with Gasteiger partial charge in [-0.25, -0.2) is 15.0 Å². The largest absolute Gasteiger partial charge is 0.440 e. The van der Waals surface area contributed by atoms with Gasteiger partial charge in [0, 0.05) is 43.5 Å². The number of nitrogens with one attached hydrogen (secondary N) is 1. The molecule has 0 amide bonds. The van der Waals surface area contributed by atoms with E-state index in [9.17, 15) is 0 Å². The van der Waals surface area contributed by atoms with Crippen LogP contribution in [0.25, 0.3) is 11.1 Å². The molecule has 0 aliphatic carbocycles. The smallest absolute Gasteiger partial charge is 0.222 e. The molecule has 1 aromatic carbocycles. The summed E-state index contributed by atoms with van der Waals surface area (Å²) >= 11 is 0. The highest BCUT2D eigenvalue weighted by Crippen LogP contribution is 2.29. The normalized spacial score (nSPS) is 18.5. The summed E-state index contributed by atoms with van der Waals surface area (Å²) in [6, 6.07) is 7.97. The number of aromatic nitrogens is 3. The molecule has 1 fully saturated rings. The monoisotopic (exact) mass is 337 g/mol. The van der Waals surface area contributed by atoms with E-state index in [0.717, 1.165) is 61.6 Å². The molecule has 6 nitrogen and oxygen atoms in total. The SMILES string of the molecule is CCNc1ncc(CN2CCC[C@H](c3nc4ccccc4o3)C2)cn1. The summed E-state index contributed by atoms with van der Waals surface area (Å²) in [6.07, 6.45) is 6.10. The molecule has 1 aliphatic rings. The Morgan fingerprint density at radius 2 is 2.08 bits per heavy atom. The molecule has 25 heavy (non-hydrogen) atoms. The fraction of sp³-hybridized carbons (Fsp3) is 0.421. The predicted molar refractivity (Wildman–Crippen MR) is 97.5 cm³/mol. The number of oxazole rings is 1. The summed E-state index contributed by atoms with van der Waals surface area (Å²) in [5.74, 6) is 1.90. The van der Waals surface area contributed by atoms with Gasteiger partial charge in [-0.2, -0.15) is 0 Å². The molecule has 3 heterocycles. The van der Waals surface area contributed by atoms with Crippen molar-refractivity contribution in [1.29, 1.82) is 0 Å². The average Bonchev–Trinajstić information content (AvgIpc) is 3.08. The lowest BCUT2D eigenvalue weighted by Gasteiger charge is -2.31. The molecular weight excluding hydrogens is 314 g/mol. The third kappa shape index (κ3) is 3.64. The minimum atomic E-state index is 0.350. The van der Waals surface area contributed by atoms with Crippen molar-refractivity contribution in [2.45, 2.75) is 32.2 Å². The van der Waals surface area contributed by atoms with E-state index >= 15 is 0 Å². The van der Waals surface area contributed by atoms with Crippen LogP contribution in [0.2, 0.25) is 0 Å². The van der Waals surface area contributed by atoms with Crippen LogP contribution in [0.1, 0.15) is 37.1 Å². The summed E-state index contributed by atoms with van der Waals surface area (Å²) in [4.78, 5) is 15.8. The summed E-state index contributed by atoms with van der Waals surface area (Å²) in [6.45, 7) is 5.78. The zero-order valence-electron chi connectivity index (χ0n) is 14.5. The van der Waals surface area contributed by atoms with Crippen LogP contribution in [-0.4, -0.2) is 39.5 Å². The maximum atomic E-state index is 5.98. The lowest BCUT2D eigenvalue weighted by Crippen LogP contribution is -2.34. The highest BCUT2D eigenvalue weighted by Gasteiger charge is 2.25. The van der Waals surface area contributed by atoms with Crippen molar-refractivity contribution in [2.24, 2.45) is 0 Å². The van der Waals surface area contributed by atoms with Crippen molar-refractivity contribution in [1.82, 2.24) is 19.9 Å². The van der Waals surface area contributed by atoms with Crippen LogP contribution in [0.15, 0.2) is 41.1 Å². The molecular formula is C19H23N5O. The number of hydrogen-bond donors (Lipinski definition) is 1. The topological polar surface area (TPSA) is 67.1 Å². The van der Waals surface area contributed by atoms with E-state index < -0.39 is 0 Å². The van der Waals surface area contributed by atoms with E-state index in [2.05, 4.69) is 25.2 Å². The number of benzene rings is 1. The molecule has 1 aliphatic heterocycles. The van der Waals surface area contributed by atoms with Crippen LogP contribution in [0.4, 0.5) is 5.95 Å². The van der Waals surface area contributed by atoms with Gasteiger partial charge in [0.1, 0.15) is 5.52 Å². The van der Waals surface area contributed by atoms with Gasteiger partial charge in [-0.15, -0.1) is 0 Å². The maximum absolute atomic E-state index is 5.98. The summed E-state index contributed by atoms with van der Waals surface area (Å²) < 4.78 is 5.98. The number of anilines is 1. The molecule has 3 aromatic rings. The van der Waals surface area contributed by atoms with Crippen molar-refractivity contribution >= 4 is 17.0 Å². The minimum Gasteiger partial charge on any atom is -0.440 e. The molecule has 6 heteroatoms. The van der Waals surface area contributed by atoms with Crippen LogP contribution >= 0.6 is 0 Å². The zero-order valence-corrected chi connectivity index (χ0v) is 14.5. The first kappa shape index (κ1) is 16.0. The van der Waals surface area contributed by atoms with E-state index in [4.69, 9.17) is 4.42 Å². The van der Waals surface area contributed by atoms with Gasteiger partial charge in [-0.3, -0.25) is 4.90 Å². The van der Waals surface area contributed by atoms with E-state index in [-0.39, 0.29) is 0 Å². The van der Waals surface area contributed by atoms with Crippen molar-refractivity contribution in [3.05, 3.63) is 48.1 Å². The number of rotatable bonds is 5. The Bertz CT molecular complexity index is 796. The number of likely N-dealkylation sites (tertiary alicyclic amines) is 1. The van der Waals surface area contributed by atoms with Gasteiger partial charge in [0.25, 0.3) is 0 Å². The van der Waals surface area contributed by atoms with Gasteiger partial charge >= 0.3 is 0 Å². The summed E-state index contributed by atoms with van der Waals surface area (Å²) in [7, 11) is 0. The Morgan fingerprint density at radius 1 is 1.24 bits per heavy atom. The maximum Gasteiger partial charge on any atom is 0.222 e. The number of fused-ring (bicyclic) bond motifs is 1. The first-order valence-corrected chi connectivity index (χ1v) is 8.94. The summed E-state index contributed by atoms with van der Waals surface area (Å²) in [5, 5.41) is 3.12. The fourth-order valence-corrected chi connectivity index (χ4v) is 3.41. The molecule has 4 rings (SSSR count). The predicted octanol–water partition coefficient (Wildman–Crippen LogP) is 3.43. The van der Waals surface area contributed by atoms with Crippen molar-refractivity contribution in [3.63, 3.8) is 0 Å². The van der Waals surface area contributed by atoms with Gasteiger partial charge < -0.3 is 9.73 Å². The zero-order chi connectivity index (χ0) is 17.1. The lowest BCUT2D eigenvalue weighted by atomic mass is 9.97. The second-order valence-electron chi connectivity index (χ2n) is 6.54. The Balaban J connectivity index is 1.43. The Labute approximate surface area is 147 Å². The molecule has 2 aromatic heterocycles. The molecule has 0 unspecified atom stereocenters. The van der Waals surface area contributed by atoms with Crippen LogP contribution in [0, 0.1) is 0 Å². The van der Waals surface area contributed by atoms with Crippen molar-refractivity contribution in [3.8, 4) is 0 Å². The standard InChI is InChI=1S/C19H23N5O/c1-2-20-19-21-10-14(11-22-19)12-24-9-5-6-15(13-24)18-23-16-7-3-4-8-17(16)25-18/h3-4,7-8,10-11,15H,2,5-6,9,12-13H2,1H3,(H,20,21,22)/t15-/m0/s1. The minimum absolute atomic E-state index is 0.350. The van der Waals surface area contributed by atoms with E-state index in [1.54, 1.807) is 0 Å². The van der Waals surface area contributed by atoms with Gasteiger partial charge in [-0.05, 0) is 38.4 Å². The number of para-hydroxylation sites is 2. The van der Waals surface area contributed by atoms with Gasteiger partial charge in [-0.1, -0.05) is 12.1 Å². The van der Waals surface area contributed by atoms with Crippen LogP contribution in [0.5, 0.6) is 0 Å². The van der Waals surface area contributed by atoms with Gasteiger partial charge in [0.2, 0.25) is 5.95 Å². The Kier molecular flexibility index (Phi) is 4.61. The number of piperidine rings is 1. The third-order valence-electron chi connectivity index (χ3n) is 4.61. The molecule has 1 saturated heterocycles. The molecule has 1 atom stereocenters. The summed E-state index contributed by atoms with van der Waals surface area (Å²) in [5.41, 5.74) is 2.96. The fourth-order valence-electron chi connectivity index (χ4n) is 3.41. The first-order chi connectivity index (χ1) is 12.3. The Morgan fingerprint density at radius 3 is 2.88 bits per heavy atom. The molecule has 0 radical (unpaired) electrons. The van der Waals surface area contributed by atoms with E-state index in [0.29, 0.717) is 11.9 Å². The third-order valence-corrected chi connectivity index (χ3v) is 4.61. The molecule has 0 bridgehead atoms. The highest BCUT2D eigenvalue weighted by atomic mass is 16.3. The van der Waals surface area contributed by atoms with Crippen LogP contribution < -0.4 is 5.32 Å². The van der Waals surface area contributed by atoms with Gasteiger partial charge in [0.15, 0.2) is 11.5 Å². The number of hydrogen-bond acceptors (Lipinski definition) is 6. The lowest BCUT2D eigenvalue weighted by molar-refractivity contribution is 0.187. The highest BCUT2D eigenvalue weighted by molar-refractivity contribution is 5.72. The van der Waals surface area contributed by atoms with Crippen LogP contribution in [-0.2, 0) is 6.54 Å². The van der Waals surface area contributed by atoms with Gasteiger partial charge in [0.05, 0.1) is 0 Å². The number of nitrogens with zero attached hydrogens (tertiary/aromatic N) is 4. The van der Waals surface area contributed by atoms with E-state index in [1.165, 1.54) is 0 Å². The van der Waals surface area contributed by atoms with E-state index in [1.807, 2.05) is 43.6 Å². The average molecular weight is 337 g/mol. The second kappa shape index (κ2) is 7.19. The van der Waals surface area contributed by atoms with Crippen molar-refractivity contribution < 1.29 is 4.42 Å². The molecule has 1 N–H and O–H groups in total. The molecule has 0 saturated carbocycles.